The molecule has 0 saturated carbocycles. The normalized spacial score (nSPS) is 14.3. The maximum Gasteiger partial charge on any atom is 0.119 e. The molecule has 1 aliphatic heterocycles. The van der Waals surface area contributed by atoms with Crippen molar-refractivity contribution in [2.24, 2.45) is 5.92 Å². The van der Waals surface area contributed by atoms with Crippen molar-refractivity contribution in [3.8, 4) is 5.75 Å². The molecule has 25 heavy (non-hydrogen) atoms. The quantitative estimate of drug-likeness (QED) is 0.689. The summed E-state index contributed by atoms with van der Waals surface area (Å²) < 4.78 is 5.91. The average molecular weight is 338 g/mol. The number of benzene rings is 2. The molecule has 0 aliphatic carbocycles. The van der Waals surface area contributed by atoms with E-state index in [2.05, 4.69) is 66.1 Å². The Kier molecular flexibility index (Phi) is 6.89. The first-order valence-electron chi connectivity index (χ1n) is 9.54. The van der Waals surface area contributed by atoms with Gasteiger partial charge in [-0.3, -0.25) is 0 Å². The Hall–Kier alpha value is -1.84. The molecule has 134 valence electrons. The average Bonchev–Trinajstić information content (AvgIpc) is 2.62. The number of nitrogens with one attached hydrogen (secondary N) is 2. The molecule has 3 nitrogen and oxygen atoms in total. The molecule has 0 amide bonds. The molecule has 1 aliphatic rings. The second-order valence-electron chi connectivity index (χ2n) is 7.01. The molecule has 0 aromatic heterocycles. The third-order valence-corrected chi connectivity index (χ3v) is 4.80. The summed E-state index contributed by atoms with van der Waals surface area (Å²) in [4.78, 5) is 0. The first-order valence-corrected chi connectivity index (χ1v) is 9.54. The molecule has 1 fully saturated rings. The molecule has 0 unspecified atom stereocenters. The summed E-state index contributed by atoms with van der Waals surface area (Å²) in [5.74, 6) is 1.73. The Bertz CT molecular complexity index is 617. The largest absolute Gasteiger partial charge is 0.489 e. The molecular weight excluding hydrogens is 308 g/mol. The van der Waals surface area contributed by atoms with E-state index in [4.69, 9.17) is 4.74 Å². The fraction of sp³-hybridized carbons (Fsp3) is 0.455. The van der Waals surface area contributed by atoms with E-state index >= 15 is 0 Å². The van der Waals surface area contributed by atoms with Crippen molar-refractivity contribution < 1.29 is 4.74 Å². The highest BCUT2D eigenvalue weighted by Crippen LogP contribution is 2.15. The van der Waals surface area contributed by atoms with Crippen LogP contribution in [0.3, 0.4) is 0 Å². The highest BCUT2D eigenvalue weighted by atomic mass is 16.5. The van der Waals surface area contributed by atoms with Crippen molar-refractivity contribution in [2.75, 3.05) is 19.6 Å². The first-order chi connectivity index (χ1) is 12.3. The summed E-state index contributed by atoms with van der Waals surface area (Å²) in [5.41, 5.74) is 3.94. The van der Waals surface area contributed by atoms with E-state index in [0.29, 0.717) is 6.61 Å². The monoisotopic (exact) mass is 338 g/mol. The number of unbranched alkanes of at least 4 members (excludes halogenated alkanes) is 1. The lowest BCUT2D eigenvalue weighted by atomic mass is 10.0. The van der Waals surface area contributed by atoms with E-state index in [1.54, 1.807) is 0 Å². The van der Waals surface area contributed by atoms with Crippen LogP contribution >= 0.6 is 0 Å². The predicted molar refractivity (Wildman–Crippen MR) is 104 cm³/mol. The van der Waals surface area contributed by atoms with Crippen LogP contribution in [0.15, 0.2) is 48.5 Å². The summed E-state index contributed by atoms with van der Waals surface area (Å²) in [5, 5.41) is 6.82. The van der Waals surface area contributed by atoms with Gasteiger partial charge in [0.25, 0.3) is 0 Å². The van der Waals surface area contributed by atoms with Crippen molar-refractivity contribution in [1.29, 1.82) is 0 Å². The van der Waals surface area contributed by atoms with Crippen LogP contribution in [0.25, 0.3) is 0 Å². The molecule has 1 heterocycles. The summed E-state index contributed by atoms with van der Waals surface area (Å²) in [6.07, 6.45) is 3.67. The maximum absolute atomic E-state index is 5.91. The van der Waals surface area contributed by atoms with E-state index in [1.165, 1.54) is 36.0 Å². The third-order valence-electron chi connectivity index (χ3n) is 4.80. The van der Waals surface area contributed by atoms with Crippen LogP contribution in [0.1, 0.15) is 36.5 Å². The van der Waals surface area contributed by atoms with Gasteiger partial charge in [-0.2, -0.15) is 0 Å². The molecule has 0 atom stereocenters. The van der Waals surface area contributed by atoms with Crippen LogP contribution in [-0.2, 0) is 19.6 Å². The van der Waals surface area contributed by atoms with Gasteiger partial charge in [0.15, 0.2) is 0 Å². The first kappa shape index (κ1) is 18.0. The smallest absolute Gasteiger partial charge is 0.119 e. The fourth-order valence-electron chi connectivity index (χ4n) is 2.97. The van der Waals surface area contributed by atoms with E-state index in [9.17, 15) is 0 Å². The number of hydrogen-bond donors (Lipinski definition) is 2. The van der Waals surface area contributed by atoms with Crippen molar-refractivity contribution in [3.05, 3.63) is 65.2 Å². The van der Waals surface area contributed by atoms with Crippen molar-refractivity contribution in [3.63, 3.8) is 0 Å². The number of rotatable bonds is 10. The topological polar surface area (TPSA) is 33.3 Å². The minimum atomic E-state index is 0.625. The van der Waals surface area contributed by atoms with Crippen LogP contribution < -0.4 is 15.4 Å². The SMILES string of the molecule is CCCCc1ccc(COc2ccc(CNCC3CNC3)cc2)cc1. The van der Waals surface area contributed by atoms with E-state index in [-0.39, 0.29) is 0 Å². The van der Waals surface area contributed by atoms with Gasteiger partial charge in [0.1, 0.15) is 12.4 Å². The Morgan fingerprint density at radius 1 is 0.960 bits per heavy atom. The zero-order chi connectivity index (χ0) is 17.3. The molecular formula is C22H30N2O. The lowest BCUT2D eigenvalue weighted by molar-refractivity contribution is 0.306. The van der Waals surface area contributed by atoms with Crippen LogP contribution in [0, 0.1) is 5.92 Å². The Morgan fingerprint density at radius 2 is 1.64 bits per heavy atom. The second kappa shape index (κ2) is 9.59. The lowest BCUT2D eigenvalue weighted by Crippen LogP contribution is -2.47. The zero-order valence-corrected chi connectivity index (χ0v) is 15.3. The Balaban J connectivity index is 1.40. The van der Waals surface area contributed by atoms with E-state index in [1.807, 2.05) is 0 Å². The van der Waals surface area contributed by atoms with Gasteiger partial charge in [0, 0.05) is 26.2 Å². The van der Waals surface area contributed by atoms with Crippen LogP contribution in [0.5, 0.6) is 5.75 Å². The molecule has 1 saturated heterocycles. The van der Waals surface area contributed by atoms with Gasteiger partial charge in [0.05, 0.1) is 0 Å². The Labute approximate surface area is 151 Å². The third kappa shape index (κ3) is 5.87. The lowest BCUT2D eigenvalue weighted by Gasteiger charge is -2.27. The van der Waals surface area contributed by atoms with Crippen LogP contribution in [0.2, 0.25) is 0 Å². The van der Waals surface area contributed by atoms with Crippen LogP contribution in [0.4, 0.5) is 0 Å². The van der Waals surface area contributed by atoms with Gasteiger partial charge in [0.2, 0.25) is 0 Å². The summed E-state index contributed by atoms with van der Waals surface area (Å²) in [6, 6.07) is 17.2. The molecule has 2 aromatic carbocycles. The molecule has 2 aromatic rings. The zero-order valence-electron chi connectivity index (χ0n) is 15.3. The molecule has 3 rings (SSSR count). The van der Waals surface area contributed by atoms with E-state index < -0.39 is 0 Å². The summed E-state index contributed by atoms with van der Waals surface area (Å²) in [6.45, 7) is 7.18. The van der Waals surface area contributed by atoms with Gasteiger partial charge in [-0.1, -0.05) is 49.7 Å². The van der Waals surface area contributed by atoms with Gasteiger partial charge in [-0.25, -0.2) is 0 Å². The molecule has 3 heteroatoms. The van der Waals surface area contributed by atoms with Gasteiger partial charge < -0.3 is 15.4 Å². The number of ether oxygens (including phenoxy) is 1. The van der Waals surface area contributed by atoms with Crippen molar-refractivity contribution in [2.45, 2.75) is 39.3 Å². The number of aryl methyl sites for hydroxylation is 1. The number of hydrogen-bond acceptors (Lipinski definition) is 3. The van der Waals surface area contributed by atoms with Gasteiger partial charge in [-0.05, 0) is 47.6 Å². The molecule has 2 N–H and O–H groups in total. The van der Waals surface area contributed by atoms with Crippen molar-refractivity contribution >= 4 is 0 Å². The highest BCUT2D eigenvalue weighted by Gasteiger charge is 2.15. The highest BCUT2D eigenvalue weighted by molar-refractivity contribution is 5.28. The fourth-order valence-corrected chi connectivity index (χ4v) is 2.97. The van der Waals surface area contributed by atoms with E-state index in [0.717, 1.165) is 37.8 Å². The summed E-state index contributed by atoms with van der Waals surface area (Å²) in [7, 11) is 0. The van der Waals surface area contributed by atoms with Gasteiger partial charge >= 0.3 is 0 Å². The molecule has 0 bridgehead atoms. The second-order valence-corrected chi connectivity index (χ2v) is 7.01. The van der Waals surface area contributed by atoms with Crippen LogP contribution in [-0.4, -0.2) is 19.6 Å². The maximum atomic E-state index is 5.91. The molecule has 0 radical (unpaired) electrons. The Morgan fingerprint density at radius 3 is 2.28 bits per heavy atom. The standard InChI is InChI=1S/C22H30N2O/c1-2-3-4-18-5-7-20(8-6-18)17-25-22-11-9-19(10-12-22)13-23-14-21-15-24-16-21/h5-12,21,23-24H,2-4,13-17H2,1H3. The predicted octanol–water partition coefficient (Wildman–Crippen LogP) is 3.92. The minimum Gasteiger partial charge on any atom is -0.489 e. The minimum absolute atomic E-state index is 0.625. The van der Waals surface area contributed by atoms with Crippen molar-refractivity contribution in [1.82, 2.24) is 10.6 Å². The van der Waals surface area contributed by atoms with Gasteiger partial charge in [-0.15, -0.1) is 0 Å². The summed E-state index contributed by atoms with van der Waals surface area (Å²) >= 11 is 0. The molecule has 0 spiro atoms.